The third-order valence-corrected chi connectivity index (χ3v) is 2.38. The molecule has 0 amide bonds. The van der Waals surface area contributed by atoms with E-state index in [1.165, 1.54) is 6.20 Å². The largest absolute Gasteiger partial charge is 0.476 e. The fraction of sp³-hybridized carbons (Fsp3) is 0.182. The minimum absolute atomic E-state index is 0.0225. The van der Waals surface area contributed by atoms with Crippen molar-refractivity contribution in [2.45, 2.75) is 13.8 Å². The summed E-state index contributed by atoms with van der Waals surface area (Å²) in [5, 5.41) is 8.77. The molecule has 0 spiro atoms. The van der Waals surface area contributed by atoms with Crippen molar-refractivity contribution in [2.75, 3.05) is 0 Å². The summed E-state index contributed by atoms with van der Waals surface area (Å²) in [6.07, 6.45) is 1.28. The predicted octanol–water partition coefficient (Wildman–Crippen LogP) is 1.94. The number of hydrogen-bond acceptors (Lipinski definition) is 3. The normalized spacial score (nSPS) is 10.5. The van der Waals surface area contributed by atoms with Gasteiger partial charge in [-0.25, -0.2) is 9.78 Å². The molecule has 1 aromatic carbocycles. The SMILES string of the molecule is Cc1cc2ncc(C(=O)O)nc2cc1C. The van der Waals surface area contributed by atoms with Crippen molar-refractivity contribution in [2.24, 2.45) is 0 Å². The maximum absolute atomic E-state index is 10.7. The van der Waals surface area contributed by atoms with Gasteiger partial charge in [0.15, 0.2) is 5.69 Å². The molecule has 4 nitrogen and oxygen atoms in total. The van der Waals surface area contributed by atoms with Crippen LogP contribution in [0.15, 0.2) is 18.3 Å². The summed E-state index contributed by atoms with van der Waals surface area (Å²) in [5.74, 6) is -1.05. The van der Waals surface area contributed by atoms with Crippen LogP contribution in [0.3, 0.4) is 0 Å². The number of aromatic carboxylic acids is 1. The Morgan fingerprint density at radius 2 is 1.80 bits per heavy atom. The van der Waals surface area contributed by atoms with Crippen molar-refractivity contribution in [1.29, 1.82) is 0 Å². The standard InChI is InChI=1S/C11H10N2O2/c1-6-3-8-9(4-7(6)2)13-10(5-12-8)11(14)15/h3-5H,1-2H3,(H,14,15). The van der Waals surface area contributed by atoms with Gasteiger partial charge in [0.2, 0.25) is 0 Å². The van der Waals surface area contributed by atoms with E-state index >= 15 is 0 Å². The van der Waals surface area contributed by atoms with Gasteiger partial charge in [0.1, 0.15) is 0 Å². The maximum atomic E-state index is 10.7. The average molecular weight is 202 g/mol. The molecule has 0 aliphatic carbocycles. The summed E-state index contributed by atoms with van der Waals surface area (Å²) >= 11 is 0. The van der Waals surface area contributed by atoms with Gasteiger partial charge in [-0.1, -0.05) is 0 Å². The molecule has 0 bridgehead atoms. The molecule has 0 saturated carbocycles. The molecule has 0 aliphatic heterocycles. The highest BCUT2D eigenvalue weighted by atomic mass is 16.4. The van der Waals surface area contributed by atoms with Crippen LogP contribution in [-0.4, -0.2) is 21.0 Å². The molecule has 15 heavy (non-hydrogen) atoms. The summed E-state index contributed by atoms with van der Waals surface area (Å²) in [6, 6.07) is 3.76. The summed E-state index contributed by atoms with van der Waals surface area (Å²) in [6.45, 7) is 3.95. The van der Waals surface area contributed by atoms with Gasteiger partial charge >= 0.3 is 5.97 Å². The van der Waals surface area contributed by atoms with E-state index in [0.29, 0.717) is 5.52 Å². The van der Waals surface area contributed by atoms with Crippen molar-refractivity contribution < 1.29 is 9.90 Å². The predicted molar refractivity (Wildman–Crippen MR) is 56.0 cm³/mol. The van der Waals surface area contributed by atoms with Crippen molar-refractivity contribution >= 4 is 17.0 Å². The van der Waals surface area contributed by atoms with Crippen LogP contribution in [0.25, 0.3) is 11.0 Å². The molecular weight excluding hydrogens is 192 g/mol. The molecule has 1 N–H and O–H groups in total. The molecule has 4 heteroatoms. The number of aryl methyl sites for hydroxylation is 2. The zero-order valence-electron chi connectivity index (χ0n) is 8.48. The first kappa shape index (κ1) is 9.58. The van der Waals surface area contributed by atoms with Crippen LogP contribution in [0, 0.1) is 13.8 Å². The van der Waals surface area contributed by atoms with Crippen LogP contribution in [0.4, 0.5) is 0 Å². The number of carbonyl (C=O) groups is 1. The van der Waals surface area contributed by atoms with E-state index in [-0.39, 0.29) is 5.69 Å². The highest BCUT2D eigenvalue weighted by Gasteiger charge is 2.07. The van der Waals surface area contributed by atoms with E-state index in [2.05, 4.69) is 9.97 Å². The third kappa shape index (κ3) is 1.66. The minimum Gasteiger partial charge on any atom is -0.476 e. The Kier molecular flexibility index (Phi) is 2.11. The van der Waals surface area contributed by atoms with E-state index in [4.69, 9.17) is 5.11 Å². The first-order chi connectivity index (χ1) is 7.08. The smallest absolute Gasteiger partial charge is 0.356 e. The number of rotatable bonds is 1. The second-order valence-corrected chi connectivity index (χ2v) is 3.49. The number of hydrogen-bond donors (Lipinski definition) is 1. The second-order valence-electron chi connectivity index (χ2n) is 3.49. The highest BCUT2D eigenvalue weighted by Crippen LogP contribution is 2.15. The Bertz CT molecular complexity index is 550. The first-order valence-corrected chi connectivity index (χ1v) is 4.55. The van der Waals surface area contributed by atoms with Crippen LogP contribution in [0.2, 0.25) is 0 Å². The van der Waals surface area contributed by atoms with Gasteiger partial charge in [-0.15, -0.1) is 0 Å². The summed E-state index contributed by atoms with van der Waals surface area (Å²) in [5.41, 5.74) is 3.53. The third-order valence-electron chi connectivity index (χ3n) is 2.38. The lowest BCUT2D eigenvalue weighted by Crippen LogP contribution is -2.01. The number of benzene rings is 1. The summed E-state index contributed by atoms with van der Waals surface area (Å²) < 4.78 is 0. The summed E-state index contributed by atoms with van der Waals surface area (Å²) in [7, 11) is 0. The average Bonchev–Trinajstić information content (AvgIpc) is 2.19. The minimum atomic E-state index is -1.05. The van der Waals surface area contributed by atoms with Crippen LogP contribution >= 0.6 is 0 Å². The van der Waals surface area contributed by atoms with Gasteiger partial charge in [-0.3, -0.25) is 4.98 Å². The Morgan fingerprint density at radius 3 is 2.40 bits per heavy atom. The second kappa shape index (κ2) is 3.31. The first-order valence-electron chi connectivity index (χ1n) is 4.55. The van der Waals surface area contributed by atoms with Gasteiger partial charge in [-0.2, -0.15) is 0 Å². The highest BCUT2D eigenvalue weighted by molar-refractivity contribution is 5.88. The molecule has 0 atom stereocenters. The van der Waals surface area contributed by atoms with Crippen LogP contribution in [0.1, 0.15) is 21.6 Å². The van der Waals surface area contributed by atoms with Gasteiger partial charge in [0.05, 0.1) is 17.2 Å². The zero-order chi connectivity index (χ0) is 11.0. The molecule has 2 rings (SSSR count). The number of aromatic nitrogens is 2. The molecule has 0 radical (unpaired) electrons. The van der Waals surface area contributed by atoms with Crippen molar-refractivity contribution in [3.63, 3.8) is 0 Å². The fourth-order valence-corrected chi connectivity index (χ4v) is 1.37. The van der Waals surface area contributed by atoms with E-state index < -0.39 is 5.97 Å². The van der Waals surface area contributed by atoms with Crippen LogP contribution < -0.4 is 0 Å². The van der Waals surface area contributed by atoms with Crippen molar-refractivity contribution in [1.82, 2.24) is 9.97 Å². The van der Waals surface area contributed by atoms with Crippen LogP contribution in [0.5, 0.6) is 0 Å². The molecular formula is C11H10N2O2. The van der Waals surface area contributed by atoms with Gasteiger partial charge in [-0.05, 0) is 37.1 Å². The van der Waals surface area contributed by atoms with Gasteiger partial charge in [0.25, 0.3) is 0 Å². The Hall–Kier alpha value is -1.97. The fourth-order valence-electron chi connectivity index (χ4n) is 1.37. The topological polar surface area (TPSA) is 63.1 Å². The molecule has 2 aromatic rings. The molecule has 1 aromatic heterocycles. The lowest BCUT2D eigenvalue weighted by atomic mass is 10.1. The van der Waals surface area contributed by atoms with E-state index in [1.807, 2.05) is 26.0 Å². The molecule has 76 valence electrons. The maximum Gasteiger partial charge on any atom is 0.356 e. The molecule has 1 heterocycles. The van der Waals surface area contributed by atoms with Gasteiger partial charge in [0, 0.05) is 0 Å². The van der Waals surface area contributed by atoms with E-state index in [0.717, 1.165) is 16.6 Å². The molecule has 0 unspecified atom stereocenters. The molecule has 0 saturated heterocycles. The quantitative estimate of drug-likeness (QED) is 0.767. The lowest BCUT2D eigenvalue weighted by molar-refractivity contribution is 0.0690. The van der Waals surface area contributed by atoms with Crippen LogP contribution in [-0.2, 0) is 0 Å². The number of carboxylic acid groups (broad SMARTS) is 1. The summed E-state index contributed by atoms with van der Waals surface area (Å²) in [4.78, 5) is 18.8. The molecule has 0 fully saturated rings. The Morgan fingerprint density at radius 1 is 1.20 bits per heavy atom. The van der Waals surface area contributed by atoms with Gasteiger partial charge < -0.3 is 5.11 Å². The van der Waals surface area contributed by atoms with E-state index in [9.17, 15) is 4.79 Å². The Balaban J connectivity index is 2.72. The Labute approximate surface area is 86.6 Å². The zero-order valence-corrected chi connectivity index (χ0v) is 8.48. The number of nitrogens with zero attached hydrogens (tertiary/aromatic N) is 2. The van der Waals surface area contributed by atoms with E-state index in [1.54, 1.807) is 0 Å². The number of carboxylic acids is 1. The molecule has 0 aliphatic rings. The van der Waals surface area contributed by atoms with Crippen molar-refractivity contribution in [3.05, 3.63) is 35.2 Å². The lowest BCUT2D eigenvalue weighted by Gasteiger charge is -2.02. The monoisotopic (exact) mass is 202 g/mol. The number of fused-ring (bicyclic) bond motifs is 1. The van der Waals surface area contributed by atoms with Crippen molar-refractivity contribution in [3.8, 4) is 0 Å².